The number of nitrogens with one attached hydrogen (secondary N) is 1. The van der Waals surface area contributed by atoms with E-state index in [9.17, 15) is 0 Å². The molecule has 0 fully saturated rings. The summed E-state index contributed by atoms with van der Waals surface area (Å²) in [5.41, 5.74) is 0.457. The molecule has 0 atom stereocenters. The van der Waals surface area contributed by atoms with Crippen LogP contribution in [0.15, 0.2) is 0 Å². The molecule has 2 nitrogen and oxygen atoms in total. The van der Waals surface area contributed by atoms with Crippen molar-refractivity contribution in [3.63, 3.8) is 0 Å². The van der Waals surface area contributed by atoms with Gasteiger partial charge in [-0.2, -0.15) is 0 Å². The van der Waals surface area contributed by atoms with E-state index in [0.717, 1.165) is 19.2 Å². The molecule has 0 radical (unpaired) electrons. The summed E-state index contributed by atoms with van der Waals surface area (Å²) in [6.45, 7) is 13.1. The van der Waals surface area contributed by atoms with E-state index < -0.39 is 0 Å². The van der Waals surface area contributed by atoms with Crippen molar-refractivity contribution >= 4 is 9.76 Å². The molecule has 1 N–H and O–H groups in total. The van der Waals surface area contributed by atoms with E-state index >= 15 is 0 Å². The zero-order chi connectivity index (χ0) is 10.3. The van der Waals surface area contributed by atoms with E-state index in [2.05, 4.69) is 39.9 Å². The Kier molecular flexibility index (Phi) is 6.64. The molecular weight excluding hydrogens is 178 g/mol. The largest absolute Gasteiger partial charge is 0.411 e. The van der Waals surface area contributed by atoms with Crippen molar-refractivity contribution in [2.24, 2.45) is 11.3 Å². The number of hydrogen-bond donors (Lipinski definition) is 1. The SMILES string of the molecule is CCNCO[SiH2]CC(C)(C)C(C)C. The van der Waals surface area contributed by atoms with E-state index in [0.29, 0.717) is 5.41 Å². The molecule has 0 saturated heterocycles. The minimum Gasteiger partial charge on any atom is -0.411 e. The Labute approximate surface area is 85.4 Å². The summed E-state index contributed by atoms with van der Waals surface area (Å²) < 4.78 is 5.59. The van der Waals surface area contributed by atoms with Crippen molar-refractivity contribution in [2.45, 2.75) is 40.7 Å². The maximum atomic E-state index is 5.59. The fraction of sp³-hybridized carbons (Fsp3) is 1.00. The van der Waals surface area contributed by atoms with Crippen LogP contribution < -0.4 is 5.32 Å². The van der Waals surface area contributed by atoms with E-state index in [1.165, 1.54) is 6.04 Å². The van der Waals surface area contributed by atoms with Gasteiger partial charge in [-0.15, -0.1) is 0 Å². The molecule has 0 saturated carbocycles. The van der Waals surface area contributed by atoms with Gasteiger partial charge in [-0.05, 0) is 23.9 Å². The van der Waals surface area contributed by atoms with Crippen molar-refractivity contribution in [1.82, 2.24) is 5.32 Å². The van der Waals surface area contributed by atoms with Gasteiger partial charge >= 0.3 is 0 Å². The lowest BCUT2D eigenvalue weighted by molar-refractivity contribution is 0.253. The second-order valence-electron chi connectivity index (χ2n) is 4.55. The molecule has 0 unspecified atom stereocenters. The highest BCUT2D eigenvalue weighted by atomic mass is 28.2. The molecule has 0 heterocycles. The Balaban J connectivity index is 3.41. The van der Waals surface area contributed by atoms with Crippen LogP contribution in [0, 0.1) is 11.3 Å². The van der Waals surface area contributed by atoms with Crippen LogP contribution in [0.4, 0.5) is 0 Å². The zero-order valence-electron chi connectivity index (χ0n) is 9.81. The quantitative estimate of drug-likeness (QED) is 0.387. The van der Waals surface area contributed by atoms with Crippen LogP contribution >= 0.6 is 0 Å². The van der Waals surface area contributed by atoms with Gasteiger partial charge in [0.25, 0.3) is 0 Å². The predicted molar refractivity (Wildman–Crippen MR) is 61.6 cm³/mol. The van der Waals surface area contributed by atoms with E-state index in [1.54, 1.807) is 0 Å². The Morgan fingerprint density at radius 2 is 2.00 bits per heavy atom. The molecule has 0 bridgehead atoms. The maximum Gasteiger partial charge on any atom is 0.163 e. The monoisotopic (exact) mass is 203 g/mol. The Morgan fingerprint density at radius 1 is 1.38 bits per heavy atom. The van der Waals surface area contributed by atoms with Crippen molar-refractivity contribution in [1.29, 1.82) is 0 Å². The lowest BCUT2D eigenvalue weighted by Gasteiger charge is -2.28. The van der Waals surface area contributed by atoms with Crippen LogP contribution in [-0.4, -0.2) is 23.0 Å². The second-order valence-corrected chi connectivity index (χ2v) is 5.87. The van der Waals surface area contributed by atoms with Crippen LogP contribution in [0.3, 0.4) is 0 Å². The summed E-state index contributed by atoms with van der Waals surface area (Å²) in [6.07, 6.45) is 0. The third-order valence-corrected chi connectivity index (χ3v) is 4.89. The molecule has 0 aromatic carbocycles. The number of hydrogen-bond acceptors (Lipinski definition) is 2. The van der Waals surface area contributed by atoms with Gasteiger partial charge in [0, 0.05) is 0 Å². The third-order valence-electron chi connectivity index (χ3n) is 2.91. The van der Waals surface area contributed by atoms with Gasteiger partial charge in [-0.25, -0.2) is 0 Å². The maximum absolute atomic E-state index is 5.59. The van der Waals surface area contributed by atoms with E-state index in [4.69, 9.17) is 4.43 Å². The van der Waals surface area contributed by atoms with Gasteiger partial charge in [-0.3, -0.25) is 5.32 Å². The van der Waals surface area contributed by atoms with Gasteiger partial charge in [0.1, 0.15) is 0 Å². The van der Waals surface area contributed by atoms with Crippen LogP contribution in [0.5, 0.6) is 0 Å². The van der Waals surface area contributed by atoms with Crippen LogP contribution in [-0.2, 0) is 4.43 Å². The molecule has 0 rings (SSSR count). The van der Waals surface area contributed by atoms with Crippen LogP contribution in [0.1, 0.15) is 34.6 Å². The van der Waals surface area contributed by atoms with Crippen molar-refractivity contribution in [2.75, 3.05) is 13.3 Å². The Bertz CT molecular complexity index is 126. The molecule has 0 amide bonds. The first-order valence-electron chi connectivity index (χ1n) is 5.29. The highest BCUT2D eigenvalue weighted by Gasteiger charge is 2.21. The molecule has 0 spiro atoms. The highest BCUT2D eigenvalue weighted by molar-refractivity contribution is 6.27. The van der Waals surface area contributed by atoms with Gasteiger partial charge in [0.2, 0.25) is 0 Å². The average molecular weight is 203 g/mol. The Morgan fingerprint density at radius 3 is 2.46 bits per heavy atom. The minimum absolute atomic E-state index is 0.318. The van der Waals surface area contributed by atoms with Gasteiger partial charge in [0.05, 0.1) is 6.73 Å². The predicted octanol–water partition coefficient (Wildman–Crippen LogP) is 1.75. The first-order valence-corrected chi connectivity index (χ1v) is 6.87. The van der Waals surface area contributed by atoms with E-state index in [-0.39, 0.29) is 9.76 Å². The zero-order valence-corrected chi connectivity index (χ0v) is 11.2. The summed E-state index contributed by atoms with van der Waals surface area (Å²) >= 11 is 0. The number of rotatable bonds is 7. The smallest absolute Gasteiger partial charge is 0.163 e. The normalized spacial score (nSPS) is 13.4. The molecule has 0 aromatic heterocycles. The summed E-state index contributed by atoms with van der Waals surface area (Å²) in [6, 6.07) is 1.27. The van der Waals surface area contributed by atoms with Crippen molar-refractivity contribution < 1.29 is 4.43 Å². The fourth-order valence-corrected chi connectivity index (χ4v) is 2.41. The summed E-state index contributed by atoms with van der Waals surface area (Å²) in [7, 11) is -0.318. The first kappa shape index (κ1) is 13.1. The lowest BCUT2D eigenvalue weighted by Crippen LogP contribution is -2.24. The molecule has 0 aliphatic carbocycles. The average Bonchev–Trinajstić information content (AvgIpc) is 2.03. The molecule has 0 aromatic rings. The highest BCUT2D eigenvalue weighted by Crippen LogP contribution is 2.29. The molecule has 80 valence electrons. The fourth-order valence-electron chi connectivity index (χ4n) is 0.870. The first-order chi connectivity index (χ1) is 6.00. The summed E-state index contributed by atoms with van der Waals surface area (Å²) in [5, 5.41) is 3.18. The van der Waals surface area contributed by atoms with Crippen LogP contribution in [0.2, 0.25) is 6.04 Å². The van der Waals surface area contributed by atoms with Gasteiger partial charge < -0.3 is 4.43 Å². The van der Waals surface area contributed by atoms with E-state index in [1.807, 2.05) is 0 Å². The molecule has 0 aliphatic heterocycles. The Hall–Kier alpha value is 0.137. The molecule has 13 heavy (non-hydrogen) atoms. The van der Waals surface area contributed by atoms with Gasteiger partial charge in [0.15, 0.2) is 9.76 Å². The molecule has 3 heteroatoms. The molecular formula is C10H25NOSi. The standard InChI is InChI=1S/C10H25NOSi/c1-6-11-8-12-13-7-10(4,5)9(2)3/h9,11H,6-8,13H2,1-5H3. The minimum atomic E-state index is -0.318. The van der Waals surface area contributed by atoms with Crippen molar-refractivity contribution in [3.8, 4) is 0 Å². The lowest BCUT2D eigenvalue weighted by atomic mass is 9.83. The third kappa shape index (κ3) is 6.24. The summed E-state index contributed by atoms with van der Waals surface area (Å²) in [5.74, 6) is 0.753. The van der Waals surface area contributed by atoms with Gasteiger partial charge in [-0.1, -0.05) is 34.6 Å². The summed E-state index contributed by atoms with van der Waals surface area (Å²) in [4.78, 5) is 0. The second kappa shape index (κ2) is 6.57. The molecule has 0 aliphatic rings. The van der Waals surface area contributed by atoms with Crippen molar-refractivity contribution in [3.05, 3.63) is 0 Å². The van der Waals surface area contributed by atoms with Crippen LogP contribution in [0.25, 0.3) is 0 Å². The topological polar surface area (TPSA) is 21.3 Å².